The molecule has 1 aromatic rings. The topological polar surface area (TPSA) is 73.7 Å². The van der Waals surface area contributed by atoms with Crippen molar-refractivity contribution in [3.8, 4) is 5.75 Å². The Morgan fingerprint density at radius 3 is 3.06 bits per heavy atom. The van der Waals surface area contributed by atoms with Crippen LogP contribution >= 0.6 is 0 Å². The Hall–Kier alpha value is -2.04. The Morgan fingerprint density at radius 2 is 2.35 bits per heavy atom. The highest BCUT2D eigenvalue weighted by molar-refractivity contribution is 6.42. The minimum Gasteiger partial charge on any atom is -0.506 e. The molecule has 2 rings (SSSR count). The molecule has 1 amide bonds. The van der Waals surface area contributed by atoms with E-state index in [1.165, 1.54) is 0 Å². The van der Waals surface area contributed by atoms with Crippen molar-refractivity contribution in [3.05, 3.63) is 23.8 Å². The predicted octanol–water partition coefficient (Wildman–Crippen LogP) is 1.03. The highest BCUT2D eigenvalue weighted by Gasteiger charge is 2.15. The lowest BCUT2D eigenvalue weighted by Crippen LogP contribution is -2.39. The van der Waals surface area contributed by atoms with Gasteiger partial charge in [0.05, 0.1) is 5.69 Å². The second-order valence-electron chi connectivity index (χ2n) is 3.99. The van der Waals surface area contributed by atoms with Crippen LogP contribution < -0.4 is 10.6 Å². The number of hydrogen-bond acceptors (Lipinski definition) is 4. The maximum atomic E-state index is 11.8. The van der Waals surface area contributed by atoms with Crippen LogP contribution in [0, 0.1) is 6.92 Å². The number of carbonyl (C=O) groups excluding carboxylic acids is 1. The second kappa shape index (κ2) is 4.86. The van der Waals surface area contributed by atoms with Gasteiger partial charge in [-0.05, 0) is 31.0 Å². The fraction of sp³-hybridized carbons (Fsp3) is 0.333. The van der Waals surface area contributed by atoms with Crippen LogP contribution in [0.5, 0.6) is 5.75 Å². The van der Waals surface area contributed by atoms with Crippen molar-refractivity contribution in [1.29, 1.82) is 0 Å². The lowest BCUT2D eigenvalue weighted by Gasteiger charge is -2.14. The molecule has 1 aliphatic heterocycles. The summed E-state index contributed by atoms with van der Waals surface area (Å²) in [6.07, 6.45) is 0.937. The molecule has 5 nitrogen and oxygen atoms in total. The van der Waals surface area contributed by atoms with Crippen LogP contribution in [0.25, 0.3) is 0 Å². The molecule has 1 aromatic carbocycles. The Balaban J connectivity index is 2.12. The van der Waals surface area contributed by atoms with Crippen molar-refractivity contribution < 1.29 is 9.90 Å². The maximum Gasteiger partial charge on any atom is 0.290 e. The van der Waals surface area contributed by atoms with Crippen LogP contribution in [-0.2, 0) is 4.79 Å². The summed E-state index contributed by atoms with van der Waals surface area (Å²) in [4.78, 5) is 15.9. The predicted molar refractivity (Wildman–Crippen MR) is 66.4 cm³/mol. The molecule has 0 atom stereocenters. The van der Waals surface area contributed by atoms with E-state index in [4.69, 9.17) is 0 Å². The summed E-state index contributed by atoms with van der Waals surface area (Å²) in [6.45, 7) is 3.31. The van der Waals surface area contributed by atoms with Gasteiger partial charge in [0.25, 0.3) is 5.91 Å². The first-order valence-corrected chi connectivity index (χ1v) is 5.56. The summed E-state index contributed by atoms with van der Waals surface area (Å²) in [7, 11) is 0. The third-order valence-corrected chi connectivity index (χ3v) is 2.51. The van der Waals surface area contributed by atoms with E-state index in [0.717, 1.165) is 18.5 Å². The van der Waals surface area contributed by atoms with Crippen molar-refractivity contribution in [3.63, 3.8) is 0 Å². The summed E-state index contributed by atoms with van der Waals surface area (Å²) in [5.41, 5.74) is 1.38. The van der Waals surface area contributed by atoms with E-state index in [-0.39, 0.29) is 11.7 Å². The van der Waals surface area contributed by atoms with Gasteiger partial charge in [-0.1, -0.05) is 6.07 Å². The van der Waals surface area contributed by atoms with Crippen molar-refractivity contribution in [1.82, 2.24) is 5.32 Å². The van der Waals surface area contributed by atoms with Gasteiger partial charge >= 0.3 is 0 Å². The lowest BCUT2D eigenvalue weighted by atomic mass is 10.2. The Bertz CT molecular complexity index is 469. The number of hydrogen-bond donors (Lipinski definition) is 3. The molecule has 1 heterocycles. The van der Waals surface area contributed by atoms with Gasteiger partial charge < -0.3 is 15.7 Å². The molecule has 1 aliphatic rings. The molecule has 0 unspecified atom stereocenters. The van der Waals surface area contributed by atoms with E-state index < -0.39 is 0 Å². The number of rotatable bonds is 2. The summed E-state index contributed by atoms with van der Waals surface area (Å²) in [5, 5.41) is 15.2. The quantitative estimate of drug-likeness (QED) is 0.668. The fourth-order valence-corrected chi connectivity index (χ4v) is 1.62. The number of carbonyl (C=O) groups is 1. The molecule has 0 fully saturated rings. The number of aromatic hydroxyl groups is 1. The molecular weight excluding hydrogens is 218 g/mol. The number of nitrogens with zero attached hydrogens (tertiary/aromatic N) is 1. The molecule has 0 bridgehead atoms. The van der Waals surface area contributed by atoms with Crippen LogP contribution in [0.15, 0.2) is 23.2 Å². The van der Waals surface area contributed by atoms with Gasteiger partial charge in [-0.3, -0.25) is 9.79 Å². The summed E-state index contributed by atoms with van der Waals surface area (Å²) in [6, 6.07) is 5.05. The first-order valence-electron chi connectivity index (χ1n) is 5.56. The van der Waals surface area contributed by atoms with Gasteiger partial charge in [0.2, 0.25) is 0 Å². The standard InChI is InChI=1S/C12H15N3O2/c1-8-3-4-10(16)9(7-8)15-12(17)11-13-5-2-6-14-11/h3-4,7,16H,2,5-6H2,1H3,(H,13,14)(H,15,17). The fourth-order valence-electron chi connectivity index (χ4n) is 1.62. The largest absolute Gasteiger partial charge is 0.506 e. The van der Waals surface area contributed by atoms with Gasteiger partial charge in [0.15, 0.2) is 5.84 Å². The first-order chi connectivity index (χ1) is 8.16. The molecule has 5 heteroatoms. The zero-order chi connectivity index (χ0) is 12.3. The highest BCUT2D eigenvalue weighted by Crippen LogP contribution is 2.23. The summed E-state index contributed by atoms with van der Waals surface area (Å²) < 4.78 is 0. The Kier molecular flexibility index (Phi) is 3.27. The van der Waals surface area contributed by atoms with E-state index in [1.54, 1.807) is 18.2 Å². The number of phenolic OH excluding ortho intramolecular Hbond substituents is 1. The summed E-state index contributed by atoms with van der Waals surface area (Å²) >= 11 is 0. The molecule has 17 heavy (non-hydrogen) atoms. The van der Waals surface area contributed by atoms with Crippen LogP contribution in [0.1, 0.15) is 12.0 Å². The van der Waals surface area contributed by atoms with Gasteiger partial charge in [0.1, 0.15) is 5.75 Å². The Labute approximate surface area is 99.6 Å². The van der Waals surface area contributed by atoms with E-state index in [1.807, 2.05) is 6.92 Å². The average Bonchev–Trinajstić information content (AvgIpc) is 2.35. The van der Waals surface area contributed by atoms with Crippen molar-refractivity contribution in [2.75, 3.05) is 18.4 Å². The zero-order valence-electron chi connectivity index (χ0n) is 9.66. The second-order valence-corrected chi connectivity index (χ2v) is 3.99. The Morgan fingerprint density at radius 1 is 1.53 bits per heavy atom. The molecule has 0 aromatic heterocycles. The number of phenols is 1. The lowest BCUT2D eigenvalue weighted by molar-refractivity contribution is -0.110. The van der Waals surface area contributed by atoms with E-state index in [0.29, 0.717) is 18.1 Å². The van der Waals surface area contributed by atoms with Crippen molar-refractivity contribution in [2.45, 2.75) is 13.3 Å². The maximum absolute atomic E-state index is 11.8. The van der Waals surface area contributed by atoms with Crippen molar-refractivity contribution >= 4 is 17.4 Å². The molecular formula is C12H15N3O2. The molecule has 0 radical (unpaired) electrons. The number of benzene rings is 1. The molecule has 0 saturated carbocycles. The van der Waals surface area contributed by atoms with Gasteiger partial charge in [-0.15, -0.1) is 0 Å². The van der Waals surface area contributed by atoms with Crippen LogP contribution in [0.4, 0.5) is 5.69 Å². The first kappa shape index (κ1) is 11.4. The van der Waals surface area contributed by atoms with E-state index >= 15 is 0 Å². The monoisotopic (exact) mass is 233 g/mol. The number of amides is 1. The number of anilines is 1. The molecule has 0 spiro atoms. The van der Waals surface area contributed by atoms with E-state index in [2.05, 4.69) is 15.6 Å². The number of aliphatic imine (C=N–C) groups is 1. The molecule has 90 valence electrons. The molecule has 3 N–H and O–H groups in total. The zero-order valence-corrected chi connectivity index (χ0v) is 9.66. The third-order valence-electron chi connectivity index (χ3n) is 2.51. The molecule has 0 aliphatic carbocycles. The van der Waals surface area contributed by atoms with Gasteiger partial charge in [-0.25, -0.2) is 0 Å². The summed E-state index contributed by atoms with van der Waals surface area (Å²) in [5.74, 6) is 0.0723. The highest BCUT2D eigenvalue weighted by atomic mass is 16.3. The van der Waals surface area contributed by atoms with E-state index in [9.17, 15) is 9.90 Å². The van der Waals surface area contributed by atoms with Crippen LogP contribution in [-0.4, -0.2) is 29.9 Å². The van der Waals surface area contributed by atoms with Crippen molar-refractivity contribution in [2.24, 2.45) is 4.99 Å². The number of aryl methyl sites for hydroxylation is 1. The smallest absolute Gasteiger partial charge is 0.290 e. The third kappa shape index (κ3) is 2.75. The number of nitrogens with one attached hydrogen (secondary N) is 2. The normalized spacial score (nSPS) is 14.8. The average molecular weight is 233 g/mol. The molecule has 0 saturated heterocycles. The SMILES string of the molecule is Cc1ccc(O)c(NC(=O)C2=NCCCN2)c1. The van der Waals surface area contributed by atoms with Gasteiger partial charge in [-0.2, -0.15) is 0 Å². The number of amidine groups is 1. The minimum absolute atomic E-state index is 0.0559. The van der Waals surface area contributed by atoms with Gasteiger partial charge in [0, 0.05) is 13.1 Å². The van der Waals surface area contributed by atoms with Crippen LogP contribution in [0.3, 0.4) is 0 Å². The minimum atomic E-state index is -0.314. The van der Waals surface area contributed by atoms with Crippen LogP contribution in [0.2, 0.25) is 0 Å².